The Morgan fingerprint density at radius 1 is 1.00 bits per heavy atom. The highest BCUT2D eigenvalue weighted by Crippen LogP contribution is 2.47. The number of carboxylic acids is 2. The summed E-state index contributed by atoms with van der Waals surface area (Å²) in [7, 11) is 0. The summed E-state index contributed by atoms with van der Waals surface area (Å²) >= 11 is 0. The minimum Gasteiger partial charge on any atom is -0.550 e. The van der Waals surface area contributed by atoms with E-state index in [-0.39, 0.29) is 11.8 Å². The lowest BCUT2D eigenvalue weighted by atomic mass is 9.83. The molecule has 0 radical (unpaired) electrons. The van der Waals surface area contributed by atoms with Crippen molar-refractivity contribution >= 4 is 11.9 Å². The highest BCUT2D eigenvalue weighted by atomic mass is 16.4. The van der Waals surface area contributed by atoms with Gasteiger partial charge in [-0.1, -0.05) is 12.2 Å². The first-order valence-electron chi connectivity index (χ1n) is 4.21. The van der Waals surface area contributed by atoms with Gasteiger partial charge in [-0.2, -0.15) is 0 Å². The molecule has 2 aliphatic rings. The van der Waals surface area contributed by atoms with Crippen LogP contribution in [0.15, 0.2) is 12.2 Å². The lowest BCUT2D eigenvalue weighted by molar-refractivity contribution is -0.327. The Morgan fingerprint density at radius 3 is 1.69 bits per heavy atom. The van der Waals surface area contributed by atoms with Gasteiger partial charge in [-0.25, -0.2) is 0 Å². The fraction of sp³-hybridized carbons (Fsp3) is 0.556. The van der Waals surface area contributed by atoms with Crippen LogP contribution >= 0.6 is 0 Å². The first-order valence-corrected chi connectivity index (χ1v) is 4.21. The first-order chi connectivity index (χ1) is 6.11. The van der Waals surface area contributed by atoms with E-state index in [0.29, 0.717) is 6.42 Å². The Kier molecular flexibility index (Phi) is 1.65. The molecule has 2 bridgehead atoms. The zero-order valence-corrected chi connectivity index (χ0v) is 6.80. The number of hydrogen-bond donors (Lipinski definition) is 0. The molecule has 4 nitrogen and oxygen atoms in total. The summed E-state index contributed by atoms with van der Waals surface area (Å²) in [5, 5.41) is 21.3. The summed E-state index contributed by atoms with van der Waals surface area (Å²) in [6.07, 6.45) is 4.15. The van der Waals surface area contributed by atoms with Crippen molar-refractivity contribution in [2.75, 3.05) is 0 Å². The van der Waals surface area contributed by atoms with Gasteiger partial charge in [0.2, 0.25) is 0 Å². The fourth-order valence-corrected chi connectivity index (χ4v) is 2.46. The van der Waals surface area contributed by atoms with Crippen LogP contribution in [0.2, 0.25) is 0 Å². The van der Waals surface area contributed by atoms with Crippen LogP contribution in [0.25, 0.3) is 0 Å². The van der Waals surface area contributed by atoms with E-state index in [1.54, 1.807) is 12.2 Å². The molecule has 70 valence electrons. The number of hydrogen-bond acceptors (Lipinski definition) is 4. The number of aliphatic carboxylic acids is 2. The van der Waals surface area contributed by atoms with Gasteiger partial charge in [0.05, 0.1) is 0 Å². The highest BCUT2D eigenvalue weighted by molar-refractivity contribution is 5.80. The van der Waals surface area contributed by atoms with Gasteiger partial charge < -0.3 is 19.8 Å². The summed E-state index contributed by atoms with van der Waals surface area (Å²) in [5.74, 6) is -4.66. The van der Waals surface area contributed by atoms with Gasteiger partial charge in [-0.15, -0.1) is 0 Å². The first kappa shape index (κ1) is 8.29. The molecular weight excluding hydrogens is 172 g/mol. The number of fused-ring (bicyclic) bond motifs is 2. The van der Waals surface area contributed by atoms with Crippen molar-refractivity contribution < 1.29 is 19.8 Å². The largest absolute Gasteiger partial charge is 0.550 e. The van der Waals surface area contributed by atoms with Gasteiger partial charge in [0.1, 0.15) is 0 Å². The molecule has 13 heavy (non-hydrogen) atoms. The van der Waals surface area contributed by atoms with Gasteiger partial charge >= 0.3 is 0 Å². The number of allylic oxidation sites excluding steroid dienone is 2. The Balaban J connectivity index is 2.30. The topological polar surface area (TPSA) is 80.3 Å². The molecule has 0 aliphatic heterocycles. The molecule has 0 saturated heterocycles. The van der Waals surface area contributed by atoms with Crippen LogP contribution in [0.3, 0.4) is 0 Å². The van der Waals surface area contributed by atoms with E-state index in [0.717, 1.165) is 0 Å². The Hall–Kier alpha value is -1.32. The van der Waals surface area contributed by atoms with Crippen LogP contribution in [0.1, 0.15) is 6.42 Å². The summed E-state index contributed by atoms with van der Waals surface area (Å²) in [6, 6.07) is 0. The van der Waals surface area contributed by atoms with Gasteiger partial charge in [-0.05, 0) is 18.3 Å². The fourth-order valence-electron chi connectivity index (χ4n) is 2.46. The lowest BCUT2D eigenvalue weighted by Gasteiger charge is -2.29. The van der Waals surface area contributed by atoms with Crippen LogP contribution in [0.4, 0.5) is 0 Å². The summed E-state index contributed by atoms with van der Waals surface area (Å²) < 4.78 is 0. The van der Waals surface area contributed by atoms with E-state index in [4.69, 9.17) is 0 Å². The predicted molar refractivity (Wildman–Crippen MR) is 37.7 cm³/mol. The Morgan fingerprint density at radius 2 is 1.38 bits per heavy atom. The van der Waals surface area contributed by atoms with Crippen LogP contribution in [-0.2, 0) is 9.59 Å². The highest BCUT2D eigenvalue weighted by Gasteiger charge is 2.45. The van der Waals surface area contributed by atoms with E-state index < -0.39 is 23.8 Å². The number of rotatable bonds is 2. The summed E-state index contributed by atoms with van der Waals surface area (Å²) in [6.45, 7) is 0. The van der Waals surface area contributed by atoms with E-state index in [1.165, 1.54) is 0 Å². The molecule has 1 saturated carbocycles. The lowest BCUT2D eigenvalue weighted by Crippen LogP contribution is -2.45. The number of carboxylic acid groups (broad SMARTS) is 2. The molecule has 0 unspecified atom stereocenters. The van der Waals surface area contributed by atoms with Crippen LogP contribution in [0.5, 0.6) is 0 Å². The quantitative estimate of drug-likeness (QED) is 0.457. The SMILES string of the molecule is O=C([O-])[C@@H]1[C@@H](C(=O)[O-])[C@@H]2C=C[C@@H]1C2. The second-order valence-corrected chi connectivity index (χ2v) is 3.64. The normalized spacial score (nSPS) is 40.9. The Labute approximate surface area is 74.9 Å². The molecule has 0 amide bonds. The third kappa shape index (κ3) is 1.05. The van der Waals surface area contributed by atoms with Crippen LogP contribution in [-0.4, -0.2) is 11.9 Å². The van der Waals surface area contributed by atoms with Gasteiger partial charge in [0.25, 0.3) is 0 Å². The maximum atomic E-state index is 10.7. The van der Waals surface area contributed by atoms with E-state index in [1.807, 2.05) is 0 Å². The van der Waals surface area contributed by atoms with E-state index >= 15 is 0 Å². The molecule has 0 aromatic carbocycles. The monoisotopic (exact) mass is 180 g/mol. The van der Waals surface area contributed by atoms with Gasteiger partial charge in [0, 0.05) is 23.8 Å². The smallest absolute Gasteiger partial charge is 0.0457 e. The van der Waals surface area contributed by atoms with Crippen LogP contribution in [0, 0.1) is 23.7 Å². The molecule has 0 heterocycles. The zero-order chi connectivity index (χ0) is 9.59. The van der Waals surface area contributed by atoms with Gasteiger partial charge in [-0.3, -0.25) is 0 Å². The number of carbonyl (C=O) groups excluding carboxylic acids is 2. The van der Waals surface area contributed by atoms with Crippen molar-refractivity contribution in [1.29, 1.82) is 0 Å². The second-order valence-electron chi connectivity index (χ2n) is 3.64. The average molecular weight is 180 g/mol. The third-order valence-corrected chi connectivity index (χ3v) is 3.00. The van der Waals surface area contributed by atoms with Crippen molar-refractivity contribution in [2.24, 2.45) is 23.7 Å². The molecular formula is C9H8O4-2. The molecule has 4 heteroatoms. The molecule has 4 atom stereocenters. The molecule has 0 aromatic rings. The molecule has 0 spiro atoms. The summed E-state index contributed by atoms with van der Waals surface area (Å²) in [5.41, 5.74) is 0. The standard InChI is InChI=1S/C9H10O4/c10-8(11)6-4-1-2-5(3-4)7(6)9(12)13/h1-2,4-7H,3H2,(H,10,11)(H,12,13)/p-2/t4-,5-,6+,7+/m1/s1. The second kappa shape index (κ2) is 2.58. The van der Waals surface area contributed by atoms with Crippen molar-refractivity contribution in [1.82, 2.24) is 0 Å². The number of carbonyl (C=O) groups is 2. The van der Waals surface area contributed by atoms with Gasteiger partial charge in [0.15, 0.2) is 0 Å². The van der Waals surface area contributed by atoms with Crippen LogP contribution < -0.4 is 10.2 Å². The van der Waals surface area contributed by atoms with Crippen molar-refractivity contribution in [3.05, 3.63) is 12.2 Å². The molecule has 2 rings (SSSR count). The zero-order valence-electron chi connectivity index (χ0n) is 6.80. The Bertz CT molecular complexity index is 266. The van der Waals surface area contributed by atoms with Crippen molar-refractivity contribution in [2.45, 2.75) is 6.42 Å². The molecule has 2 aliphatic carbocycles. The minimum atomic E-state index is -1.27. The molecule has 0 N–H and O–H groups in total. The van der Waals surface area contributed by atoms with Crippen molar-refractivity contribution in [3.8, 4) is 0 Å². The maximum absolute atomic E-state index is 10.7. The minimum absolute atomic E-state index is 0.169. The summed E-state index contributed by atoms with van der Waals surface area (Å²) in [4.78, 5) is 21.3. The van der Waals surface area contributed by atoms with Crippen molar-refractivity contribution in [3.63, 3.8) is 0 Å². The average Bonchev–Trinajstić information content (AvgIpc) is 2.60. The third-order valence-electron chi connectivity index (χ3n) is 3.00. The predicted octanol–water partition coefficient (Wildman–Crippen LogP) is -2.08. The molecule has 0 aromatic heterocycles. The van der Waals surface area contributed by atoms with E-state index in [9.17, 15) is 19.8 Å². The van der Waals surface area contributed by atoms with E-state index in [2.05, 4.69) is 0 Å². The molecule has 1 fully saturated rings. The maximum Gasteiger partial charge on any atom is 0.0457 e.